The molecule has 4 amide bonds. The Morgan fingerprint density at radius 2 is 1.75 bits per heavy atom. The van der Waals surface area contributed by atoms with Gasteiger partial charge in [0.2, 0.25) is 17.7 Å². The Balaban J connectivity index is 0.884. The minimum absolute atomic E-state index is 0.0467. The van der Waals surface area contributed by atoms with Crippen molar-refractivity contribution in [1.82, 2.24) is 20.1 Å². The predicted molar refractivity (Wildman–Crippen MR) is 158 cm³/mol. The second kappa shape index (κ2) is 13.3. The van der Waals surface area contributed by atoms with E-state index in [0.717, 1.165) is 48.1 Å². The molecule has 0 radical (unpaired) electrons. The second-order valence-electron chi connectivity index (χ2n) is 11.7. The molecule has 2 unspecified atom stereocenters. The van der Waals surface area contributed by atoms with Crippen LogP contribution in [0.4, 0.5) is 4.39 Å². The maximum absolute atomic E-state index is 14.8. The monoisotopic (exact) mass is 672 g/mol. The summed E-state index contributed by atoms with van der Waals surface area (Å²) in [4.78, 5) is 56.9. The van der Waals surface area contributed by atoms with E-state index < -0.39 is 35.8 Å². The van der Waals surface area contributed by atoms with Crippen molar-refractivity contribution in [3.05, 3.63) is 52.1 Å². The Morgan fingerprint density at radius 1 is 0.977 bits per heavy atom. The summed E-state index contributed by atoms with van der Waals surface area (Å²) in [6, 6.07) is 7.09. The van der Waals surface area contributed by atoms with Crippen molar-refractivity contribution in [2.75, 3.05) is 26.2 Å². The third-order valence-corrected chi connectivity index (χ3v) is 9.03. The molecule has 4 aliphatic rings. The molecular weight excluding hydrogens is 639 g/mol. The molecule has 234 valence electrons. The Labute approximate surface area is 262 Å². The molecule has 2 atom stereocenters. The van der Waals surface area contributed by atoms with Crippen LogP contribution >= 0.6 is 15.9 Å². The molecule has 4 heterocycles. The number of benzene rings is 1. The number of alkyl halides is 1. The van der Waals surface area contributed by atoms with E-state index in [1.165, 1.54) is 18.2 Å². The van der Waals surface area contributed by atoms with Gasteiger partial charge in [-0.25, -0.2) is 9.37 Å². The molecule has 1 N–H and O–H groups in total. The van der Waals surface area contributed by atoms with Crippen LogP contribution in [-0.4, -0.2) is 95.2 Å². The van der Waals surface area contributed by atoms with Gasteiger partial charge in [-0.2, -0.15) is 0 Å². The van der Waals surface area contributed by atoms with Gasteiger partial charge in [0, 0.05) is 55.6 Å². The van der Waals surface area contributed by atoms with Gasteiger partial charge in [0.05, 0.1) is 23.3 Å². The quantitative estimate of drug-likeness (QED) is 0.357. The van der Waals surface area contributed by atoms with Gasteiger partial charge in [0.1, 0.15) is 30.7 Å². The van der Waals surface area contributed by atoms with Crippen LogP contribution in [0.3, 0.4) is 0 Å². The highest BCUT2D eigenvalue weighted by Gasteiger charge is 2.44. The summed E-state index contributed by atoms with van der Waals surface area (Å²) in [5, 5.41) is 2.17. The number of pyridine rings is 1. The van der Waals surface area contributed by atoms with Crippen molar-refractivity contribution in [1.29, 1.82) is 0 Å². The van der Waals surface area contributed by atoms with Crippen LogP contribution in [0, 0.1) is 0 Å². The summed E-state index contributed by atoms with van der Waals surface area (Å²) in [7, 11) is 0. The van der Waals surface area contributed by atoms with E-state index in [-0.39, 0.29) is 54.6 Å². The third kappa shape index (κ3) is 6.94. The number of rotatable bonds is 11. The number of imide groups is 2. The molecule has 3 fully saturated rings. The van der Waals surface area contributed by atoms with E-state index in [9.17, 15) is 23.6 Å². The van der Waals surface area contributed by atoms with Gasteiger partial charge in [-0.3, -0.25) is 29.4 Å². The fourth-order valence-electron chi connectivity index (χ4n) is 6.00. The zero-order valence-corrected chi connectivity index (χ0v) is 25.7. The van der Waals surface area contributed by atoms with Gasteiger partial charge in [-0.1, -0.05) is 0 Å². The first kappa shape index (κ1) is 30.6. The molecule has 3 aliphatic heterocycles. The van der Waals surface area contributed by atoms with Gasteiger partial charge in [0.15, 0.2) is 0 Å². The van der Waals surface area contributed by atoms with Crippen LogP contribution in [0.15, 0.2) is 41.0 Å². The highest BCUT2D eigenvalue weighted by atomic mass is 79.9. The molecule has 6 rings (SSSR count). The number of ether oxygens (including phenoxy) is 3. The number of hydrogen-bond acceptors (Lipinski definition) is 9. The number of nitrogens with zero attached hydrogens (tertiary/aromatic N) is 3. The van der Waals surface area contributed by atoms with Crippen LogP contribution in [0.25, 0.3) is 0 Å². The maximum atomic E-state index is 14.8. The van der Waals surface area contributed by atoms with Gasteiger partial charge < -0.3 is 19.1 Å². The summed E-state index contributed by atoms with van der Waals surface area (Å²) in [6.45, 7) is 2.11. The molecule has 1 aliphatic carbocycles. The van der Waals surface area contributed by atoms with E-state index in [0.29, 0.717) is 18.8 Å². The Kier molecular flexibility index (Phi) is 9.24. The third-order valence-electron chi connectivity index (χ3n) is 8.56. The topological polar surface area (TPSA) is 127 Å². The lowest BCUT2D eigenvalue weighted by atomic mass is 9.91. The molecule has 0 spiro atoms. The normalized spacial score (nSPS) is 25.0. The average molecular weight is 674 g/mol. The zero-order chi connectivity index (χ0) is 30.8. The Bertz CT molecular complexity index is 1410. The molecular formula is C31H34BrFN4O7. The van der Waals surface area contributed by atoms with Crippen molar-refractivity contribution >= 4 is 39.6 Å². The van der Waals surface area contributed by atoms with Gasteiger partial charge in [-0.15, -0.1) is 0 Å². The largest absolute Gasteiger partial charge is 0.491 e. The van der Waals surface area contributed by atoms with Crippen molar-refractivity contribution < 1.29 is 37.8 Å². The summed E-state index contributed by atoms with van der Waals surface area (Å²) < 4.78 is 33.4. The summed E-state index contributed by atoms with van der Waals surface area (Å²) in [6.07, 6.45) is 5.00. The van der Waals surface area contributed by atoms with Crippen LogP contribution in [0.5, 0.6) is 11.6 Å². The number of carbonyl (C=O) groups excluding carboxylic acids is 4. The highest BCUT2D eigenvalue weighted by Crippen LogP contribution is 2.32. The van der Waals surface area contributed by atoms with Crippen LogP contribution in [-0.2, 0) is 14.3 Å². The average Bonchev–Trinajstić information content (AvgIpc) is 3.24. The SMILES string of the molecule is O=C1CCC(N2C(=O)c3ccc(OCC(F)CCN4CCC(O[C@H]5C[C@H](Oc6ccc(Br)cn6)C5)CC4)cc3C2=O)C(=O)N1. The lowest BCUT2D eigenvalue weighted by molar-refractivity contribution is -0.136. The molecule has 2 saturated heterocycles. The number of hydrogen-bond donors (Lipinski definition) is 1. The number of aromatic nitrogens is 1. The lowest BCUT2D eigenvalue weighted by Gasteiger charge is -2.39. The predicted octanol–water partition coefficient (Wildman–Crippen LogP) is 3.44. The van der Waals surface area contributed by atoms with E-state index >= 15 is 0 Å². The standard InChI is InChI=1S/C31H34BrFN4O7/c32-18-1-6-28(34-16-18)44-23-13-22(14-23)43-20-8-11-36(12-9-20)10-7-19(33)17-42-21-2-3-24-25(15-21)31(41)37(30(24)40)26-4-5-27(38)35-29(26)39/h1-3,6,15-16,19-20,22-23,26H,4-5,7-14,17H2,(H,35,38,39)/t19?,22-,23-,26?. The number of fused-ring (bicyclic) bond motifs is 1. The van der Waals surface area contributed by atoms with Crippen molar-refractivity contribution in [2.24, 2.45) is 0 Å². The number of piperidine rings is 2. The molecule has 2 aromatic rings. The van der Waals surface area contributed by atoms with E-state index in [4.69, 9.17) is 14.2 Å². The fourth-order valence-corrected chi connectivity index (χ4v) is 6.24. The minimum atomic E-state index is -1.21. The first-order valence-corrected chi connectivity index (χ1v) is 15.8. The number of nitrogens with one attached hydrogen (secondary N) is 1. The summed E-state index contributed by atoms with van der Waals surface area (Å²) >= 11 is 3.37. The number of likely N-dealkylation sites (tertiary alicyclic amines) is 1. The summed E-state index contributed by atoms with van der Waals surface area (Å²) in [5.74, 6) is -1.43. The smallest absolute Gasteiger partial charge is 0.262 e. The minimum Gasteiger partial charge on any atom is -0.491 e. The van der Waals surface area contributed by atoms with E-state index in [1.54, 1.807) is 6.20 Å². The Morgan fingerprint density at radius 3 is 2.48 bits per heavy atom. The van der Waals surface area contributed by atoms with Gasteiger partial charge in [-0.05, 0) is 65.9 Å². The number of amides is 4. The Hall–Kier alpha value is -3.42. The molecule has 44 heavy (non-hydrogen) atoms. The molecule has 0 bridgehead atoms. The highest BCUT2D eigenvalue weighted by molar-refractivity contribution is 9.10. The zero-order valence-electron chi connectivity index (χ0n) is 24.1. The second-order valence-corrected chi connectivity index (χ2v) is 12.6. The van der Waals surface area contributed by atoms with Crippen LogP contribution < -0.4 is 14.8 Å². The molecule has 13 heteroatoms. The molecule has 1 aromatic carbocycles. The maximum Gasteiger partial charge on any atom is 0.262 e. The summed E-state index contributed by atoms with van der Waals surface area (Å²) in [5.41, 5.74) is 0.254. The van der Waals surface area contributed by atoms with E-state index in [2.05, 4.69) is 31.1 Å². The molecule has 1 aromatic heterocycles. The van der Waals surface area contributed by atoms with Gasteiger partial charge in [0.25, 0.3) is 11.8 Å². The van der Waals surface area contributed by atoms with Crippen LogP contribution in [0.2, 0.25) is 0 Å². The van der Waals surface area contributed by atoms with Crippen LogP contribution in [0.1, 0.15) is 65.7 Å². The lowest BCUT2D eigenvalue weighted by Crippen LogP contribution is -2.54. The molecule has 11 nitrogen and oxygen atoms in total. The van der Waals surface area contributed by atoms with Crippen molar-refractivity contribution in [2.45, 2.75) is 75.5 Å². The fraction of sp³-hybridized carbons (Fsp3) is 0.516. The van der Waals surface area contributed by atoms with E-state index in [1.807, 2.05) is 12.1 Å². The first-order valence-electron chi connectivity index (χ1n) is 15.0. The number of carbonyl (C=O) groups is 4. The molecule has 1 saturated carbocycles. The van der Waals surface area contributed by atoms with Crippen molar-refractivity contribution in [3.8, 4) is 11.6 Å². The van der Waals surface area contributed by atoms with Gasteiger partial charge >= 0.3 is 0 Å². The first-order chi connectivity index (χ1) is 21.2. The van der Waals surface area contributed by atoms with Crippen molar-refractivity contribution in [3.63, 3.8) is 0 Å². The number of halogens is 2.